The van der Waals surface area contributed by atoms with Crippen LogP contribution in [0, 0.1) is 0 Å². The van der Waals surface area contributed by atoms with Gasteiger partial charge in [0.15, 0.2) is 11.2 Å². The van der Waals surface area contributed by atoms with Gasteiger partial charge in [-0.15, -0.1) is 0 Å². The first-order chi connectivity index (χ1) is 31.2. The van der Waals surface area contributed by atoms with Crippen LogP contribution in [0.1, 0.15) is 0 Å². The van der Waals surface area contributed by atoms with Gasteiger partial charge in [0.1, 0.15) is 22.9 Å². The summed E-state index contributed by atoms with van der Waals surface area (Å²) in [6.07, 6.45) is 0. The molecule has 0 aliphatic heterocycles. The quantitative estimate of drug-likeness (QED) is 0.145. The zero-order valence-corrected chi connectivity index (χ0v) is 34.1. The first-order valence-electron chi connectivity index (χ1n) is 21.2. The van der Waals surface area contributed by atoms with Crippen LogP contribution in [-0.4, -0.2) is 0 Å². The van der Waals surface area contributed by atoms with E-state index >= 15 is 0 Å². The molecule has 3 heterocycles. The van der Waals surface area contributed by atoms with E-state index < -0.39 is 0 Å². The highest BCUT2D eigenvalue weighted by atomic mass is 16.4. The number of nitrogens with zero attached hydrogens (tertiary/aromatic N) is 2. The van der Waals surface area contributed by atoms with Crippen LogP contribution in [0.25, 0.3) is 77.7 Å². The fraction of sp³-hybridized carbons (Fsp3) is 0. The van der Waals surface area contributed by atoms with E-state index in [-0.39, 0.29) is 0 Å². The average Bonchev–Trinajstić information content (AvgIpc) is 4.12. The highest BCUT2D eigenvalue weighted by Crippen LogP contribution is 2.46. The number of hydrogen-bond acceptors (Lipinski definition) is 5. The Morgan fingerprint density at radius 2 is 0.603 bits per heavy atom. The van der Waals surface area contributed by atoms with Crippen LogP contribution in [0.15, 0.2) is 244 Å². The summed E-state index contributed by atoms with van der Waals surface area (Å²) in [5.74, 6) is 2.34. The van der Waals surface area contributed by atoms with E-state index in [9.17, 15) is 0 Å². The Bertz CT molecular complexity index is 3440. The SMILES string of the molecule is c1ccc(-c2cc3c4ccc5oc(-c6ccc(N(c7ccccc7)c7ccccc7)cc6)cc5c4c4cc(-c5ccc(N(c6ccccc6)c6ccccc6)cc5)oc4c3o2)cc1. The Hall–Kier alpha value is -8.54. The zero-order valence-electron chi connectivity index (χ0n) is 34.1. The summed E-state index contributed by atoms with van der Waals surface area (Å²) in [6, 6.07) is 79.9. The number of fused-ring (bicyclic) bond motifs is 8. The van der Waals surface area contributed by atoms with Crippen molar-refractivity contribution < 1.29 is 13.3 Å². The lowest BCUT2D eigenvalue weighted by Crippen LogP contribution is -2.09. The van der Waals surface area contributed by atoms with Gasteiger partial charge in [0.2, 0.25) is 0 Å². The van der Waals surface area contributed by atoms with Crippen LogP contribution in [0.3, 0.4) is 0 Å². The molecule has 0 amide bonds. The van der Waals surface area contributed by atoms with E-state index in [4.69, 9.17) is 13.3 Å². The van der Waals surface area contributed by atoms with Crippen LogP contribution in [-0.2, 0) is 0 Å². The van der Waals surface area contributed by atoms with Gasteiger partial charge in [0.25, 0.3) is 0 Å². The molecular formula is C58H38N2O3. The van der Waals surface area contributed by atoms with Crippen LogP contribution >= 0.6 is 0 Å². The van der Waals surface area contributed by atoms with Gasteiger partial charge in [-0.3, -0.25) is 0 Å². The Morgan fingerprint density at radius 1 is 0.254 bits per heavy atom. The number of para-hydroxylation sites is 4. The second-order valence-electron chi connectivity index (χ2n) is 15.7. The molecule has 12 rings (SSSR count). The lowest BCUT2D eigenvalue weighted by atomic mass is 9.98. The number of anilines is 6. The van der Waals surface area contributed by atoms with Crippen molar-refractivity contribution >= 4 is 77.8 Å². The van der Waals surface area contributed by atoms with E-state index in [1.54, 1.807) is 0 Å². The Labute approximate surface area is 363 Å². The molecule has 0 saturated heterocycles. The van der Waals surface area contributed by atoms with Gasteiger partial charge in [-0.1, -0.05) is 103 Å². The molecule has 0 spiro atoms. The molecule has 0 unspecified atom stereocenters. The molecule has 5 nitrogen and oxygen atoms in total. The monoisotopic (exact) mass is 810 g/mol. The predicted octanol–water partition coefficient (Wildman–Crippen LogP) is 17.0. The van der Waals surface area contributed by atoms with Gasteiger partial charge in [-0.05, 0) is 133 Å². The number of hydrogen-bond donors (Lipinski definition) is 0. The molecule has 9 aromatic carbocycles. The van der Waals surface area contributed by atoms with Gasteiger partial charge in [-0.25, -0.2) is 0 Å². The molecule has 0 atom stereocenters. The minimum absolute atomic E-state index is 0.704. The summed E-state index contributed by atoms with van der Waals surface area (Å²) in [5, 5.41) is 5.11. The standard InChI is InChI=1S/C58H38N2O3/c1-6-16-39(17-7-1)54-36-49-48-34-35-52-50(37-53(61-52)40-26-30-46(31-27-40)59(42-18-8-2-9-19-42)43-20-10-3-11-21-43)56(48)51-38-55(63-58(51)57(49)62-54)41-28-32-47(33-29-41)60(44-22-12-4-13-23-44)45-24-14-5-15-25-45/h1-38H. The maximum Gasteiger partial charge on any atom is 0.178 e. The molecular weight excluding hydrogens is 773 g/mol. The molecule has 5 heteroatoms. The van der Waals surface area contributed by atoms with Crippen molar-refractivity contribution in [1.82, 2.24) is 0 Å². The van der Waals surface area contributed by atoms with Crippen molar-refractivity contribution in [3.8, 4) is 34.0 Å². The third-order valence-corrected chi connectivity index (χ3v) is 11.9. The molecule has 63 heavy (non-hydrogen) atoms. The molecule has 298 valence electrons. The number of benzene rings is 9. The fourth-order valence-corrected chi connectivity index (χ4v) is 8.91. The van der Waals surface area contributed by atoms with E-state index in [1.165, 1.54) is 0 Å². The Balaban J connectivity index is 0.989. The molecule has 3 aromatic heterocycles. The lowest BCUT2D eigenvalue weighted by molar-refractivity contribution is 0.598. The summed E-state index contributed by atoms with van der Waals surface area (Å²) in [5.41, 5.74) is 11.6. The molecule has 0 bridgehead atoms. The first kappa shape index (κ1) is 36.3. The van der Waals surface area contributed by atoms with Gasteiger partial charge >= 0.3 is 0 Å². The molecule has 0 saturated carbocycles. The van der Waals surface area contributed by atoms with Crippen molar-refractivity contribution in [2.24, 2.45) is 0 Å². The highest BCUT2D eigenvalue weighted by molar-refractivity contribution is 6.30. The summed E-state index contributed by atoms with van der Waals surface area (Å²) in [6.45, 7) is 0. The minimum atomic E-state index is 0.704. The second kappa shape index (κ2) is 15.2. The summed E-state index contributed by atoms with van der Waals surface area (Å²) in [4.78, 5) is 4.52. The van der Waals surface area contributed by atoms with Crippen molar-refractivity contribution in [2.45, 2.75) is 0 Å². The van der Waals surface area contributed by atoms with Gasteiger partial charge in [0.05, 0.1) is 0 Å². The Morgan fingerprint density at radius 3 is 1.06 bits per heavy atom. The molecule has 0 fully saturated rings. The zero-order chi connectivity index (χ0) is 41.7. The van der Waals surface area contributed by atoms with Crippen LogP contribution in [0.4, 0.5) is 34.1 Å². The van der Waals surface area contributed by atoms with E-state index in [2.05, 4.69) is 198 Å². The van der Waals surface area contributed by atoms with Gasteiger partial charge in [-0.2, -0.15) is 0 Å². The molecule has 0 aliphatic rings. The summed E-state index contributed by atoms with van der Waals surface area (Å²) < 4.78 is 20.3. The van der Waals surface area contributed by atoms with Crippen LogP contribution in [0.5, 0.6) is 0 Å². The average molecular weight is 811 g/mol. The number of furan rings is 3. The molecule has 12 aromatic rings. The lowest BCUT2D eigenvalue weighted by Gasteiger charge is -2.25. The normalized spacial score (nSPS) is 11.5. The van der Waals surface area contributed by atoms with Crippen molar-refractivity contribution in [3.05, 3.63) is 231 Å². The molecule has 0 N–H and O–H groups in total. The third-order valence-electron chi connectivity index (χ3n) is 11.9. The van der Waals surface area contributed by atoms with Gasteiger partial charge < -0.3 is 23.1 Å². The fourth-order valence-electron chi connectivity index (χ4n) is 8.91. The smallest absolute Gasteiger partial charge is 0.178 e. The summed E-state index contributed by atoms with van der Waals surface area (Å²) >= 11 is 0. The third kappa shape index (κ3) is 6.42. The van der Waals surface area contributed by atoms with E-state index in [1.807, 2.05) is 42.5 Å². The highest BCUT2D eigenvalue weighted by Gasteiger charge is 2.23. The van der Waals surface area contributed by atoms with E-state index in [0.29, 0.717) is 5.58 Å². The van der Waals surface area contributed by atoms with Crippen molar-refractivity contribution in [1.29, 1.82) is 0 Å². The summed E-state index contributed by atoms with van der Waals surface area (Å²) in [7, 11) is 0. The maximum absolute atomic E-state index is 6.90. The molecule has 0 radical (unpaired) electrons. The minimum Gasteiger partial charge on any atom is -0.456 e. The Kier molecular flexibility index (Phi) is 8.75. The topological polar surface area (TPSA) is 45.9 Å². The van der Waals surface area contributed by atoms with E-state index in [0.717, 1.165) is 106 Å². The predicted molar refractivity (Wildman–Crippen MR) is 259 cm³/mol. The van der Waals surface area contributed by atoms with Crippen LogP contribution < -0.4 is 9.80 Å². The van der Waals surface area contributed by atoms with Crippen molar-refractivity contribution in [3.63, 3.8) is 0 Å². The maximum atomic E-state index is 6.90. The van der Waals surface area contributed by atoms with Gasteiger partial charge in [0, 0.05) is 72.4 Å². The molecule has 0 aliphatic carbocycles. The van der Waals surface area contributed by atoms with Crippen molar-refractivity contribution in [2.75, 3.05) is 9.80 Å². The first-order valence-corrected chi connectivity index (χ1v) is 21.2. The number of rotatable bonds is 9. The second-order valence-corrected chi connectivity index (χ2v) is 15.7. The largest absolute Gasteiger partial charge is 0.456 e. The van der Waals surface area contributed by atoms with Crippen LogP contribution in [0.2, 0.25) is 0 Å².